The first kappa shape index (κ1) is 22.7. The van der Waals surface area contributed by atoms with Crippen LogP contribution in [0.3, 0.4) is 0 Å². The Morgan fingerprint density at radius 1 is 1.12 bits per heavy atom. The van der Waals surface area contributed by atoms with E-state index in [2.05, 4.69) is 37.8 Å². The number of nitrogens with zero attached hydrogens (tertiary/aromatic N) is 2. The van der Waals surface area contributed by atoms with Crippen molar-refractivity contribution in [2.24, 2.45) is 5.10 Å². The van der Waals surface area contributed by atoms with Crippen molar-refractivity contribution in [3.8, 4) is 11.8 Å². The van der Waals surface area contributed by atoms with Crippen molar-refractivity contribution < 1.29 is 14.3 Å². The van der Waals surface area contributed by atoms with E-state index < -0.39 is 5.91 Å². The van der Waals surface area contributed by atoms with Gasteiger partial charge in [0.25, 0.3) is 5.91 Å². The SMILES string of the molecule is CC(=O)Nc1cccc(C(=O)N/N=C\c2ccc(OCc3ccccc3C#N)c(Br)c2)c1. The van der Waals surface area contributed by atoms with Crippen LogP contribution in [0.5, 0.6) is 5.75 Å². The van der Waals surface area contributed by atoms with Crippen molar-refractivity contribution in [1.82, 2.24) is 5.43 Å². The van der Waals surface area contributed by atoms with E-state index in [0.29, 0.717) is 27.0 Å². The van der Waals surface area contributed by atoms with E-state index in [1.807, 2.05) is 18.2 Å². The molecule has 3 aromatic rings. The average Bonchev–Trinajstić information content (AvgIpc) is 2.78. The van der Waals surface area contributed by atoms with Crippen LogP contribution < -0.4 is 15.5 Å². The van der Waals surface area contributed by atoms with Crippen molar-refractivity contribution >= 4 is 39.6 Å². The summed E-state index contributed by atoms with van der Waals surface area (Å²) in [5.74, 6) is 0.00481. The average molecular weight is 491 g/mol. The zero-order valence-corrected chi connectivity index (χ0v) is 18.7. The van der Waals surface area contributed by atoms with Crippen molar-refractivity contribution in [2.45, 2.75) is 13.5 Å². The number of ether oxygens (including phenoxy) is 1. The zero-order chi connectivity index (χ0) is 22.9. The lowest BCUT2D eigenvalue weighted by atomic mass is 10.1. The first-order valence-electron chi connectivity index (χ1n) is 9.57. The molecule has 0 radical (unpaired) electrons. The highest BCUT2D eigenvalue weighted by atomic mass is 79.9. The second kappa shape index (κ2) is 10.9. The number of nitrogens with one attached hydrogen (secondary N) is 2. The van der Waals surface area contributed by atoms with Crippen molar-refractivity contribution in [3.05, 3.63) is 93.5 Å². The third-order valence-electron chi connectivity index (χ3n) is 4.30. The monoisotopic (exact) mass is 490 g/mol. The summed E-state index contributed by atoms with van der Waals surface area (Å²) in [6.45, 7) is 1.67. The molecule has 160 valence electrons. The number of rotatable bonds is 7. The summed E-state index contributed by atoms with van der Waals surface area (Å²) >= 11 is 3.47. The third-order valence-corrected chi connectivity index (χ3v) is 4.92. The van der Waals surface area contributed by atoms with Gasteiger partial charge in [0, 0.05) is 23.7 Å². The maximum Gasteiger partial charge on any atom is 0.271 e. The molecule has 0 aliphatic rings. The summed E-state index contributed by atoms with van der Waals surface area (Å²) in [5, 5.41) is 15.8. The smallest absolute Gasteiger partial charge is 0.271 e. The van der Waals surface area contributed by atoms with E-state index in [9.17, 15) is 14.9 Å². The van der Waals surface area contributed by atoms with Gasteiger partial charge < -0.3 is 10.1 Å². The van der Waals surface area contributed by atoms with Gasteiger partial charge in [0.1, 0.15) is 12.4 Å². The largest absolute Gasteiger partial charge is 0.488 e. The Labute approximate surface area is 193 Å². The predicted molar refractivity (Wildman–Crippen MR) is 125 cm³/mol. The highest BCUT2D eigenvalue weighted by Gasteiger charge is 2.07. The summed E-state index contributed by atoms with van der Waals surface area (Å²) in [6, 6.07) is 21.4. The Hall–Kier alpha value is -3.96. The van der Waals surface area contributed by atoms with Crippen LogP contribution in [0.2, 0.25) is 0 Å². The minimum atomic E-state index is -0.399. The van der Waals surface area contributed by atoms with E-state index >= 15 is 0 Å². The maximum absolute atomic E-state index is 12.3. The van der Waals surface area contributed by atoms with Gasteiger partial charge in [-0.15, -0.1) is 0 Å². The van der Waals surface area contributed by atoms with Gasteiger partial charge in [0.15, 0.2) is 0 Å². The van der Waals surface area contributed by atoms with Crippen molar-refractivity contribution in [3.63, 3.8) is 0 Å². The molecule has 0 unspecified atom stereocenters. The fraction of sp³-hybridized carbons (Fsp3) is 0.0833. The maximum atomic E-state index is 12.3. The molecule has 0 saturated heterocycles. The summed E-state index contributed by atoms with van der Waals surface area (Å²) < 4.78 is 6.53. The lowest BCUT2D eigenvalue weighted by Crippen LogP contribution is -2.18. The molecule has 2 amide bonds. The van der Waals surface area contributed by atoms with E-state index in [0.717, 1.165) is 11.1 Å². The van der Waals surface area contributed by atoms with Crippen LogP contribution in [-0.4, -0.2) is 18.0 Å². The number of hydrogen-bond donors (Lipinski definition) is 2. The highest BCUT2D eigenvalue weighted by molar-refractivity contribution is 9.10. The van der Waals surface area contributed by atoms with Gasteiger partial charge in [0.2, 0.25) is 5.91 Å². The minimum Gasteiger partial charge on any atom is -0.488 e. The summed E-state index contributed by atoms with van der Waals surface area (Å²) in [5.41, 5.74) is 5.49. The van der Waals surface area contributed by atoms with E-state index in [4.69, 9.17) is 4.74 Å². The molecule has 7 nitrogen and oxygen atoms in total. The molecule has 32 heavy (non-hydrogen) atoms. The lowest BCUT2D eigenvalue weighted by molar-refractivity contribution is -0.114. The number of carbonyl (C=O) groups excluding carboxylic acids is 2. The molecule has 0 atom stereocenters. The summed E-state index contributed by atoms with van der Waals surface area (Å²) in [6.07, 6.45) is 1.51. The molecule has 0 spiro atoms. The quantitative estimate of drug-likeness (QED) is 0.372. The Morgan fingerprint density at radius 3 is 2.69 bits per heavy atom. The molecule has 0 aliphatic carbocycles. The molecule has 2 N–H and O–H groups in total. The van der Waals surface area contributed by atoms with E-state index in [1.165, 1.54) is 13.1 Å². The number of anilines is 1. The van der Waals surface area contributed by atoms with Crippen LogP contribution in [0, 0.1) is 11.3 Å². The van der Waals surface area contributed by atoms with Crippen LogP contribution in [0.1, 0.15) is 34.0 Å². The standard InChI is InChI=1S/C24H19BrN4O3/c1-16(30)28-21-8-4-7-18(12-21)24(31)29-27-14-17-9-10-23(22(25)11-17)32-15-20-6-3-2-5-19(20)13-26/h2-12,14H,15H2,1H3,(H,28,30)(H,29,31)/b27-14-. The normalized spacial score (nSPS) is 10.4. The lowest BCUT2D eigenvalue weighted by Gasteiger charge is -2.10. The minimum absolute atomic E-state index is 0.215. The van der Waals surface area contributed by atoms with Crippen LogP contribution in [0.25, 0.3) is 0 Å². The molecule has 0 aromatic heterocycles. The van der Waals surface area contributed by atoms with Gasteiger partial charge in [0.05, 0.1) is 22.3 Å². The molecule has 0 saturated carbocycles. The van der Waals surface area contributed by atoms with E-state index in [-0.39, 0.29) is 12.5 Å². The van der Waals surface area contributed by atoms with Gasteiger partial charge in [-0.05, 0) is 64.0 Å². The molecule has 0 bridgehead atoms. The fourth-order valence-electron chi connectivity index (χ4n) is 2.80. The van der Waals surface area contributed by atoms with Crippen LogP contribution >= 0.6 is 15.9 Å². The van der Waals surface area contributed by atoms with Gasteiger partial charge in [-0.25, -0.2) is 5.43 Å². The van der Waals surface area contributed by atoms with Crippen LogP contribution in [-0.2, 0) is 11.4 Å². The first-order chi connectivity index (χ1) is 15.5. The predicted octanol–water partition coefficient (Wildman–Crippen LogP) is 4.62. The molecule has 3 rings (SSSR count). The molecule has 0 aliphatic heterocycles. The topological polar surface area (TPSA) is 104 Å². The zero-order valence-electron chi connectivity index (χ0n) is 17.1. The van der Waals surface area contributed by atoms with Crippen LogP contribution in [0.4, 0.5) is 5.69 Å². The Morgan fingerprint density at radius 2 is 1.94 bits per heavy atom. The molecule has 0 fully saturated rings. The Kier molecular flexibility index (Phi) is 7.73. The van der Waals surface area contributed by atoms with Gasteiger partial charge in [-0.1, -0.05) is 24.3 Å². The van der Waals surface area contributed by atoms with Gasteiger partial charge in [-0.3, -0.25) is 9.59 Å². The van der Waals surface area contributed by atoms with Crippen molar-refractivity contribution in [2.75, 3.05) is 5.32 Å². The number of nitriles is 1. The summed E-state index contributed by atoms with van der Waals surface area (Å²) in [4.78, 5) is 23.4. The second-order valence-electron chi connectivity index (χ2n) is 6.71. The number of halogens is 1. The Bertz CT molecular complexity index is 1220. The Balaban J connectivity index is 1.60. The number of hydrazone groups is 1. The molecule has 0 heterocycles. The number of hydrogen-bond acceptors (Lipinski definition) is 5. The van der Waals surface area contributed by atoms with Crippen molar-refractivity contribution in [1.29, 1.82) is 5.26 Å². The number of carbonyl (C=O) groups is 2. The summed E-state index contributed by atoms with van der Waals surface area (Å²) in [7, 11) is 0. The molecular weight excluding hydrogens is 472 g/mol. The first-order valence-corrected chi connectivity index (χ1v) is 10.4. The fourth-order valence-corrected chi connectivity index (χ4v) is 3.31. The highest BCUT2D eigenvalue weighted by Crippen LogP contribution is 2.26. The van der Waals surface area contributed by atoms with Gasteiger partial charge >= 0.3 is 0 Å². The number of amides is 2. The molecular formula is C24H19BrN4O3. The van der Waals surface area contributed by atoms with Gasteiger partial charge in [-0.2, -0.15) is 10.4 Å². The molecule has 3 aromatic carbocycles. The number of benzene rings is 3. The van der Waals surface area contributed by atoms with E-state index in [1.54, 1.807) is 48.5 Å². The molecule has 8 heteroatoms. The van der Waals surface area contributed by atoms with Crippen LogP contribution in [0.15, 0.2) is 76.3 Å². The third kappa shape index (κ3) is 6.27. The second-order valence-corrected chi connectivity index (χ2v) is 7.56.